The van der Waals surface area contributed by atoms with Crippen molar-refractivity contribution < 1.29 is 31.5 Å². The summed E-state index contributed by atoms with van der Waals surface area (Å²) in [4.78, 5) is 10.9. The van der Waals surface area contributed by atoms with E-state index in [0.29, 0.717) is 0 Å². The summed E-state index contributed by atoms with van der Waals surface area (Å²) < 4.78 is 64.6. The average molecular weight is 244 g/mol. The minimum absolute atomic E-state index is 0.206. The zero-order valence-corrected chi connectivity index (χ0v) is 7.76. The molecule has 0 amide bonds. The maximum Gasteiger partial charge on any atom is 0.435 e. The van der Waals surface area contributed by atoms with Crippen LogP contribution in [0, 0.1) is 0 Å². The first kappa shape index (κ1) is 12.4. The third-order valence-electron chi connectivity index (χ3n) is 1.61. The van der Waals surface area contributed by atoms with Crippen molar-refractivity contribution in [2.24, 2.45) is 0 Å². The molecular weight excluding hydrogens is 239 g/mol. The van der Waals surface area contributed by atoms with Gasteiger partial charge in [-0.1, -0.05) is 0 Å². The standard InChI is InChI=1S/C7H5F5N2O2/c1-16-5(15)3-2-4(7(10,11)12)13-14(3)6(8)9/h2,6H,1H3. The molecule has 0 aromatic carbocycles. The number of methoxy groups -OCH3 is 1. The molecule has 1 aromatic heterocycles. The van der Waals surface area contributed by atoms with E-state index >= 15 is 0 Å². The van der Waals surface area contributed by atoms with Gasteiger partial charge < -0.3 is 4.74 Å². The molecule has 0 atom stereocenters. The lowest BCUT2D eigenvalue weighted by Gasteiger charge is -2.03. The highest BCUT2D eigenvalue weighted by atomic mass is 19.4. The molecule has 4 nitrogen and oxygen atoms in total. The minimum atomic E-state index is -4.90. The Kier molecular flexibility index (Phi) is 3.15. The summed E-state index contributed by atoms with van der Waals surface area (Å²) in [5.41, 5.74) is -2.53. The van der Waals surface area contributed by atoms with Crippen molar-refractivity contribution in [2.45, 2.75) is 12.7 Å². The molecule has 0 saturated heterocycles. The number of carbonyl (C=O) groups excluding carboxylic acids is 1. The second-order valence-electron chi connectivity index (χ2n) is 2.63. The number of rotatable bonds is 2. The number of aromatic nitrogens is 2. The zero-order chi connectivity index (χ0) is 12.5. The van der Waals surface area contributed by atoms with E-state index in [2.05, 4.69) is 9.84 Å². The van der Waals surface area contributed by atoms with E-state index in [4.69, 9.17) is 0 Å². The Balaban J connectivity index is 3.26. The Labute approximate surface area is 85.6 Å². The normalized spacial score (nSPS) is 11.9. The van der Waals surface area contributed by atoms with Crippen LogP contribution >= 0.6 is 0 Å². The van der Waals surface area contributed by atoms with Crippen molar-refractivity contribution in [1.29, 1.82) is 0 Å². The van der Waals surface area contributed by atoms with Gasteiger partial charge in [-0.05, 0) is 0 Å². The van der Waals surface area contributed by atoms with Gasteiger partial charge in [0.25, 0.3) is 0 Å². The fourth-order valence-corrected chi connectivity index (χ4v) is 0.939. The summed E-state index contributed by atoms with van der Waals surface area (Å²) in [6.07, 6.45) is -4.90. The summed E-state index contributed by atoms with van der Waals surface area (Å²) in [5.74, 6) is -1.32. The van der Waals surface area contributed by atoms with Crippen LogP contribution in [-0.2, 0) is 10.9 Å². The maximum atomic E-state index is 12.3. The lowest BCUT2D eigenvalue weighted by Crippen LogP contribution is -2.12. The Morgan fingerprint density at radius 2 is 2.06 bits per heavy atom. The molecule has 9 heteroatoms. The number of nitrogens with zero attached hydrogens (tertiary/aromatic N) is 2. The van der Waals surface area contributed by atoms with Gasteiger partial charge in [0.1, 0.15) is 0 Å². The molecule has 90 valence electrons. The molecule has 0 radical (unpaired) electrons. The summed E-state index contributed by atoms with van der Waals surface area (Å²) in [7, 11) is 0.860. The molecule has 16 heavy (non-hydrogen) atoms. The molecule has 0 N–H and O–H groups in total. The van der Waals surface area contributed by atoms with Gasteiger partial charge >= 0.3 is 18.7 Å². The van der Waals surface area contributed by atoms with Crippen molar-refractivity contribution in [3.8, 4) is 0 Å². The number of hydrogen-bond acceptors (Lipinski definition) is 3. The van der Waals surface area contributed by atoms with E-state index in [-0.39, 0.29) is 10.7 Å². The number of ether oxygens (including phenoxy) is 1. The first-order valence-electron chi connectivity index (χ1n) is 3.80. The maximum absolute atomic E-state index is 12.3. The molecule has 0 aliphatic rings. The molecule has 0 saturated carbocycles. The lowest BCUT2D eigenvalue weighted by molar-refractivity contribution is -0.142. The molecule has 0 fully saturated rings. The molecule has 1 aromatic rings. The molecule has 0 aliphatic carbocycles. The smallest absolute Gasteiger partial charge is 0.435 e. The number of halogens is 5. The van der Waals surface area contributed by atoms with Crippen molar-refractivity contribution >= 4 is 5.97 Å². The van der Waals surface area contributed by atoms with Crippen LogP contribution in [0.5, 0.6) is 0 Å². The van der Waals surface area contributed by atoms with Crippen LogP contribution in [0.15, 0.2) is 6.07 Å². The summed E-state index contributed by atoms with van der Waals surface area (Å²) in [6.45, 7) is -3.36. The molecule has 1 heterocycles. The second kappa shape index (κ2) is 4.06. The summed E-state index contributed by atoms with van der Waals surface area (Å²) in [5, 5.41) is 2.59. The van der Waals surface area contributed by atoms with Crippen LogP contribution in [0.3, 0.4) is 0 Å². The monoisotopic (exact) mass is 244 g/mol. The van der Waals surface area contributed by atoms with Crippen molar-refractivity contribution in [2.75, 3.05) is 7.11 Å². The predicted molar refractivity (Wildman–Crippen MR) is 39.8 cm³/mol. The van der Waals surface area contributed by atoms with Crippen LogP contribution in [0.1, 0.15) is 22.7 Å². The summed E-state index contributed by atoms with van der Waals surface area (Å²) in [6, 6.07) is 0.206. The first-order chi connectivity index (χ1) is 7.27. The van der Waals surface area contributed by atoms with Gasteiger partial charge in [0.15, 0.2) is 11.4 Å². The van der Waals surface area contributed by atoms with Gasteiger partial charge in [-0.15, -0.1) is 0 Å². The van der Waals surface area contributed by atoms with Crippen LogP contribution in [-0.4, -0.2) is 22.9 Å². The van der Waals surface area contributed by atoms with Crippen LogP contribution in [0.4, 0.5) is 22.0 Å². The Morgan fingerprint density at radius 3 is 2.44 bits per heavy atom. The number of carbonyl (C=O) groups is 1. The van der Waals surface area contributed by atoms with E-state index in [9.17, 15) is 26.7 Å². The van der Waals surface area contributed by atoms with E-state index < -0.39 is 30.1 Å². The Bertz CT molecular complexity index is 398. The van der Waals surface area contributed by atoms with Crippen molar-refractivity contribution in [1.82, 2.24) is 9.78 Å². The van der Waals surface area contributed by atoms with Crippen molar-refractivity contribution in [3.05, 3.63) is 17.5 Å². The molecule has 0 aliphatic heterocycles. The van der Waals surface area contributed by atoms with Gasteiger partial charge in [0.05, 0.1) is 7.11 Å². The highest BCUT2D eigenvalue weighted by Gasteiger charge is 2.37. The Hall–Kier alpha value is -1.67. The topological polar surface area (TPSA) is 44.1 Å². The van der Waals surface area contributed by atoms with E-state index in [1.165, 1.54) is 0 Å². The number of alkyl halides is 5. The first-order valence-corrected chi connectivity index (χ1v) is 3.80. The minimum Gasteiger partial charge on any atom is -0.464 e. The van der Waals surface area contributed by atoms with Gasteiger partial charge in [0, 0.05) is 6.07 Å². The molecule has 1 rings (SSSR count). The quantitative estimate of drug-likeness (QED) is 0.591. The summed E-state index contributed by atoms with van der Waals surface area (Å²) >= 11 is 0. The van der Waals surface area contributed by atoms with Crippen LogP contribution in [0.25, 0.3) is 0 Å². The lowest BCUT2D eigenvalue weighted by atomic mass is 10.3. The highest BCUT2D eigenvalue weighted by Crippen LogP contribution is 2.30. The third kappa shape index (κ3) is 2.28. The van der Waals surface area contributed by atoms with Gasteiger partial charge in [-0.2, -0.15) is 31.7 Å². The fourth-order valence-electron chi connectivity index (χ4n) is 0.939. The van der Waals surface area contributed by atoms with E-state index in [0.717, 1.165) is 7.11 Å². The Morgan fingerprint density at radius 1 is 1.50 bits per heavy atom. The highest BCUT2D eigenvalue weighted by molar-refractivity contribution is 5.87. The van der Waals surface area contributed by atoms with Gasteiger partial charge in [-0.3, -0.25) is 0 Å². The number of hydrogen-bond donors (Lipinski definition) is 0. The van der Waals surface area contributed by atoms with Crippen LogP contribution in [0.2, 0.25) is 0 Å². The van der Waals surface area contributed by atoms with E-state index in [1.54, 1.807) is 0 Å². The predicted octanol–water partition coefficient (Wildman–Crippen LogP) is 2.08. The largest absolute Gasteiger partial charge is 0.464 e. The van der Waals surface area contributed by atoms with Crippen LogP contribution < -0.4 is 0 Å². The zero-order valence-electron chi connectivity index (χ0n) is 7.76. The van der Waals surface area contributed by atoms with Gasteiger partial charge in [0.2, 0.25) is 0 Å². The van der Waals surface area contributed by atoms with Crippen molar-refractivity contribution in [3.63, 3.8) is 0 Å². The van der Waals surface area contributed by atoms with Gasteiger partial charge in [-0.25, -0.2) is 4.79 Å². The molecular formula is C7H5F5N2O2. The average Bonchev–Trinajstić information content (AvgIpc) is 2.60. The fraction of sp³-hybridized carbons (Fsp3) is 0.429. The SMILES string of the molecule is COC(=O)c1cc(C(F)(F)F)nn1C(F)F. The number of esters is 1. The molecule has 0 unspecified atom stereocenters. The third-order valence-corrected chi connectivity index (χ3v) is 1.61. The second-order valence-corrected chi connectivity index (χ2v) is 2.63. The molecule has 0 spiro atoms. The molecule has 0 bridgehead atoms. The van der Waals surface area contributed by atoms with E-state index in [1.807, 2.05) is 0 Å².